The maximum atomic E-state index is 10.7. The molecule has 108 valence electrons. The number of nitrogens with zero attached hydrogens (tertiary/aromatic N) is 3. The molecular formula is C14H20N4O2. The molecule has 3 rings (SSSR count). The van der Waals surface area contributed by atoms with E-state index in [1.807, 2.05) is 6.07 Å². The van der Waals surface area contributed by atoms with Crippen molar-refractivity contribution in [2.45, 2.75) is 31.7 Å². The van der Waals surface area contributed by atoms with E-state index in [9.17, 15) is 10.1 Å². The van der Waals surface area contributed by atoms with Crippen LogP contribution in [-0.2, 0) is 0 Å². The highest BCUT2D eigenvalue weighted by Crippen LogP contribution is 2.32. The molecule has 2 heterocycles. The van der Waals surface area contributed by atoms with Crippen molar-refractivity contribution >= 4 is 11.5 Å². The van der Waals surface area contributed by atoms with Crippen LogP contribution in [0.1, 0.15) is 25.7 Å². The number of nitro groups is 1. The second-order valence-electron chi connectivity index (χ2n) is 5.77. The highest BCUT2D eigenvalue weighted by atomic mass is 16.6. The third-order valence-corrected chi connectivity index (χ3v) is 4.06. The lowest BCUT2D eigenvalue weighted by Gasteiger charge is -2.27. The lowest BCUT2D eigenvalue weighted by Crippen LogP contribution is -2.38. The zero-order chi connectivity index (χ0) is 13.9. The van der Waals surface area contributed by atoms with Crippen molar-refractivity contribution in [3.8, 4) is 0 Å². The second kappa shape index (κ2) is 5.75. The maximum Gasteiger partial charge on any atom is 0.363 e. The summed E-state index contributed by atoms with van der Waals surface area (Å²) in [5, 5.41) is 14.2. The molecule has 6 nitrogen and oxygen atoms in total. The molecule has 1 aliphatic heterocycles. The monoisotopic (exact) mass is 276 g/mol. The SMILES string of the molecule is O=[N+]([O-])c1ccc(N(CC2CC2)CC2CCCN2)cn1. The number of hydrogen-bond donors (Lipinski definition) is 1. The van der Waals surface area contributed by atoms with Crippen LogP contribution in [0.25, 0.3) is 0 Å². The molecule has 0 aromatic carbocycles. The summed E-state index contributed by atoms with van der Waals surface area (Å²) in [5.74, 6) is 0.700. The van der Waals surface area contributed by atoms with Gasteiger partial charge in [-0.3, -0.25) is 0 Å². The molecule has 1 atom stereocenters. The van der Waals surface area contributed by atoms with Crippen molar-refractivity contribution in [2.75, 3.05) is 24.5 Å². The van der Waals surface area contributed by atoms with Crippen molar-refractivity contribution in [3.05, 3.63) is 28.4 Å². The number of rotatable bonds is 6. The molecule has 2 fully saturated rings. The molecule has 0 spiro atoms. The molecule has 1 saturated heterocycles. The molecule has 1 N–H and O–H groups in total. The Morgan fingerprint density at radius 2 is 2.20 bits per heavy atom. The van der Waals surface area contributed by atoms with Crippen LogP contribution in [0, 0.1) is 16.0 Å². The van der Waals surface area contributed by atoms with Crippen LogP contribution in [0.15, 0.2) is 18.3 Å². The van der Waals surface area contributed by atoms with E-state index in [2.05, 4.69) is 15.2 Å². The van der Waals surface area contributed by atoms with E-state index < -0.39 is 4.92 Å². The van der Waals surface area contributed by atoms with E-state index >= 15 is 0 Å². The summed E-state index contributed by atoms with van der Waals surface area (Å²) in [6, 6.07) is 3.85. The molecule has 1 aromatic heterocycles. The average molecular weight is 276 g/mol. The third-order valence-electron chi connectivity index (χ3n) is 4.06. The number of anilines is 1. The molecular weight excluding hydrogens is 256 g/mol. The quantitative estimate of drug-likeness (QED) is 0.635. The minimum absolute atomic E-state index is 0.0842. The smallest absolute Gasteiger partial charge is 0.363 e. The second-order valence-corrected chi connectivity index (χ2v) is 5.77. The van der Waals surface area contributed by atoms with Gasteiger partial charge in [-0.2, -0.15) is 0 Å². The lowest BCUT2D eigenvalue weighted by molar-refractivity contribution is -0.389. The van der Waals surface area contributed by atoms with Gasteiger partial charge < -0.3 is 20.3 Å². The topological polar surface area (TPSA) is 71.3 Å². The molecule has 2 aliphatic rings. The van der Waals surface area contributed by atoms with Gasteiger partial charge in [0.2, 0.25) is 0 Å². The molecule has 1 aliphatic carbocycles. The van der Waals surface area contributed by atoms with Gasteiger partial charge in [0.1, 0.15) is 0 Å². The minimum atomic E-state index is -0.451. The Hall–Kier alpha value is -1.69. The summed E-state index contributed by atoms with van der Waals surface area (Å²) >= 11 is 0. The summed E-state index contributed by atoms with van der Waals surface area (Å²) < 4.78 is 0. The van der Waals surface area contributed by atoms with Gasteiger partial charge in [0.25, 0.3) is 0 Å². The Kier molecular flexibility index (Phi) is 3.82. The summed E-state index contributed by atoms with van der Waals surface area (Å²) in [6.45, 7) is 3.11. The molecule has 1 saturated carbocycles. The highest BCUT2D eigenvalue weighted by molar-refractivity contribution is 5.47. The van der Waals surface area contributed by atoms with Crippen LogP contribution >= 0.6 is 0 Å². The van der Waals surface area contributed by atoms with Crippen molar-refractivity contribution in [2.24, 2.45) is 5.92 Å². The van der Waals surface area contributed by atoms with E-state index in [0.29, 0.717) is 6.04 Å². The number of pyridine rings is 1. The summed E-state index contributed by atoms with van der Waals surface area (Å²) in [6.07, 6.45) is 6.68. The third kappa shape index (κ3) is 3.25. The minimum Gasteiger partial charge on any atom is -0.367 e. The lowest BCUT2D eigenvalue weighted by atomic mass is 10.2. The first-order valence-electron chi connectivity index (χ1n) is 7.31. The van der Waals surface area contributed by atoms with Gasteiger partial charge in [0.15, 0.2) is 6.20 Å². The Balaban J connectivity index is 1.70. The molecule has 0 radical (unpaired) electrons. The molecule has 20 heavy (non-hydrogen) atoms. The summed E-state index contributed by atoms with van der Waals surface area (Å²) in [5.41, 5.74) is 0.996. The van der Waals surface area contributed by atoms with Gasteiger partial charge in [-0.1, -0.05) is 0 Å². The number of hydrogen-bond acceptors (Lipinski definition) is 5. The van der Waals surface area contributed by atoms with Crippen molar-refractivity contribution in [1.29, 1.82) is 0 Å². The number of aromatic nitrogens is 1. The first-order valence-corrected chi connectivity index (χ1v) is 7.31. The first kappa shape index (κ1) is 13.3. The molecule has 6 heteroatoms. The highest BCUT2D eigenvalue weighted by Gasteiger charge is 2.27. The van der Waals surface area contributed by atoms with E-state index in [4.69, 9.17) is 0 Å². The van der Waals surface area contributed by atoms with Gasteiger partial charge in [-0.05, 0) is 54.1 Å². The zero-order valence-electron chi connectivity index (χ0n) is 11.5. The maximum absolute atomic E-state index is 10.7. The Bertz CT molecular complexity index is 467. The summed E-state index contributed by atoms with van der Waals surface area (Å²) in [7, 11) is 0. The Morgan fingerprint density at radius 1 is 1.35 bits per heavy atom. The fourth-order valence-corrected chi connectivity index (χ4v) is 2.75. The van der Waals surface area contributed by atoms with Crippen LogP contribution in [0.5, 0.6) is 0 Å². The van der Waals surface area contributed by atoms with E-state index in [0.717, 1.165) is 31.2 Å². The van der Waals surface area contributed by atoms with Crippen LogP contribution < -0.4 is 10.2 Å². The summed E-state index contributed by atoms with van der Waals surface area (Å²) in [4.78, 5) is 16.5. The largest absolute Gasteiger partial charge is 0.367 e. The van der Waals surface area contributed by atoms with Gasteiger partial charge >= 0.3 is 5.82 Å². The first-order chi connectivity index (χ1) is 9.72. The fourth-order valence-electron chi connectivity index (χ4n) is 2.75. The Morgan fingerprint density at radius 3 is 2.75 bits per heavy atom. The van der Waals surface area contributed by atoms with Gasteiger partial charge in [-0.25, -0.2) is 0 Å². The molecule has 1 unspecified atom stereocenters. The van der Waals surface area contributed by atoms with Crippen molar-refractivity contribution in [1.82, 2.24) is 10.3 Å². The predicted octanol–water partition coefficient (Wildman–Crippen LogP) is 1.96. The van der Waals surface area contributed by atoms with Crippen molar-refractivity contribution < 1.29 is 4.92 Å². The molecule has 0 bridgehead atoms. The van der Waals surface area contributed by atoms with E-state index in [1.165, 1.54) is 31.7 Å². The fraction of sp³-hybridized carbons (Fsp3) is 0.643. The van der Waals surface area contributed by atoms with E-state index in [1.54, 1.807) is 6.20 Å². The predicted molar refractivity (Wildman–Crippen MR) is 76.9 cm³/mol. The van der Waals surface area contributed by atoms with Crippen molar-refractivity contribution in [3.63, 3.8) is 0 Å². The Labute approximate surface area is 118 Å². The average Bonchev–Trinajstić information content (AvgIpc) is 3.12. The van der Waals surface area contributed by atoms with Crippen LogP contribution in [0.4, 0.5) is 11.5 Å². The van der Waals surface area contributed by atoms with Gasteiger partial charge in [-0.15, -0.1) is 0 Å². The number of nitrogens with one attached hydrogen (secondary N) is 1. The molecule has 0 amide bonds. The van der Waals surface area contributed by atoms with Crippen LogP contribution in [0.3, 0.4) is 0 Å². The van der Waals surface area contributed by atoms with Gasteiger partial charge in [0, 0.05) is 25.2 Å². The standard InChI is InChI=1S/C14H20N4O2/c19-18(20)14-6-5-13(8-16-14)17(9-11-3-4-11)10-12-2-1-7-15-12/h5-6,8,11-12,15H,1-4,7,9-10H2. The molecule has 1 aromatic rings. The van der Waals surface area contributed by atoms with Crippen LogP contribution in [-0.4, -0.2) is 35.6 Å². The van der Waals surface area contributed by atoms with Gasteiger partial charge in [0.05, 0.1) is 5.69 Å². The zero-order valence-corrected chi connectivity index (χ0v) is 11.5. The normalized spacial score (nSPS) is 21.9. The van der Waals surface area contributed by atoms with E-state index in [-0.39, 0.29) is 5.82 Å². The van der Waals surface area contributed by atoms with Crippen LogP contribution in [0.2, 0.25) is 0 Å².